The fourth-order valence-electron chi connectivity index (χ4n) is 1.63. The monoisotopic (exact) mass is 320 g/mol. The summed E-state index contributed by atoms with van der Waals surface area (Å²) in [5.41, 5.74) is 2.52. The van der Waals surface area contributed by atoms with Crippen LogP contribution in [0.3, 0.4) is 0 Å². The van der Waals surface area contributed by atoms with E-state index in [9.17, 15) is 9.90 Å². The van der Waals surface area contributed by atoms with Crippen molar-refractivity contribution in [3.05, 3.63) is 51.8 Å². The number of carbonyl (C=O) groups excluding carboxylic acids is 1. The highest BCUT2D eigenvalue weighted by atomic mass is 79.9. The molecule has 0 aliphatic heterocycles. The van der Waals surface area contributed by atoms with Crippen LogP contribution in [0.15, 0.2) is 34.9 Å². The van der Waals surface area contributed by atoms with E-state index >= 15 is 0 Å². The van der Waals surface area contributed by atoms with Crippen molar-refractivity contribution in [2.45, 2.75) is 13.8 Å². The Hall–Kier alpha value is -1.88. The molecule has 1 amide bonds. The minimum absolute atomic E-state index is 0.220. The first-order valence-electron chi connectivity index (χ1n) is 5.70. The number of carbonyl (C=O) groups is 1. The third kappa shape index (κ3) is 3.12. The molecule has 0 bridgehead atoms. The summed E-state index contributed by atoms with van der Waals surface area (Å²) in [4.78, 5) is 16.1. The maximum atomic E-state index is 12.0. The summed E-state index contributed by atoms with van der Waals surface area (Å²) in [6.07, 6.45) is 1.57. The van der Waals surface area contributed by atoms with E-state index in [0.717, 1.165) is 10.0 Å². The zero-order valence-corrected chi connectivity index (χ0v) is 12.2. The number of phenols is 1. The number of hydrogen-bond donors (Lipinski definition) is 2. The van der Waals surface area contributed by atoms with Crippen LogP contribution in [0, 0.1) is 13.8 Å². The molecule has 0 atom stereocenters. The second-order valence-electron chi connectivity index (χ2n) is 4.27. The zero-order valence-electron chi connectivity index (χ0n) is 10.6. The SMILES string of the molecule is Cc1cc(NC(=O)c2ccc(Br)cn2)c(C)cc1O. The Kier molecular flexibility index (Phi) is 3.85. The predicted molar refractivity (Wildman–Crippen MR) is 77.5 cm³/mol. The van der Waals surface area contributed by atoms with Gasteiger partial charge in [0.1, 0.15) is 11.4 Å². The highest BCUT2D eigenvalue weighted by Gasteiger charge is 2.10. The molecule has 0 saturated carbocycles. The summed E-state index contributed by atoms with van der Waals surface area (Å²) in [5, 5.41) is 12.4. The lowest BCUT2D eigenvalue weighted by Gasteiger charge is -2.10. The topological polar surface area (TPSA) is 62.2 Å². The van der Waals surface area contributed by atoms with Crippen molar-refractivity contribution < 1.29 is 9.90 Å². The summed E-state index contributed by atoms with van der Waals surface area (Å²) in [7, 11) is 0. The molecule has 0 unspecified atom stereocenters. The van der Waals surface area contributed by atoms with Crippen LogP contribution in [0.4, 0.5) is 5.69 Å². The van der Waals surface area contributed by atoms with Gasteiger partial charge in [-0.05, 0) is 65.2 Å². The van der Waals surface area contributed by atoms with Gasteiger partial charge in [0.2, 0.25) is 0 Å². The molecule has 98 valence electrons. The summed E-state index contributed by atoms with van der Waals surface area (Å²) in [5.74, 6) is -0.0574. The second-order valence-corrected chi connectivity index (χ2v) is 5.19. The number of phenolic OH excluding ortho intramolecular Hbond substituents is 1. The first-order chi connectivity index (χ1) is 8.97. The van der Waals surface area contributed by atoms with Crippen molar-refractivity contribution in [3.63, 3.8) is 0 Å². The van der Waals surface area contributed by atoms with Gasteiger partial charge in [-0.15, -0.1) is 0 Å². The molecule has 2 aromatic rings. The quantitative estimate of drug-likeness (QED) is 0.833. The molecule has 2 rings (SSSR count). The molecule has 1 heterocycles. The smallest absolute Gasteiger partial charge is 0.274 e. The summed E-state index contributed by atoms with van der Waals surface area (Å²) in [6, 6.07) is 6.76. The minimum atomic E-state index is -0.277. The lowest BCUT2D eigenvalue weighted by molar-refractivity contribution is 0.102. The lowest BCUT2D eigenvalue weighted by Crippen LogP contribution is -2.14. The van der Waals surface area contributed by atoms with Gasteiger partial charge in [0.15, 0.2) is 0 Å². The van der Waals surface area contributed by atoms with E-state index in [4.69, 9.17) is 0 Å². The Balaban J connectivity index is 2.24. The summed E-state index contributed by atoms with van der Waals surface area (Å²) in [6.45, 7) is 3.60. The van der Waals surface area contributed by atoms with Gasteiger partial charge in [-0.3, -0.25) is 4.79 Å². The van der Waals surface area contributed by atoms with E-state index in [-0.39, 0.29) is 11.7 Å². The Bertz CT molecular complexity index is 624. The van der Waals surface area contributed by atoms with Gasteiger partial charge in [-0.25, -0.2) is 4.98 Å². The van der Waals surface area contributed by atoms with Crippen LogP contribution in [-0.2, 0) is 0 Å². The van der Waals surface area contributed by atoms with Crippen molar-refractivity contribution >= 4 is 27.5 Å². The van der Waals surface area contributed by atoms with Crippen molar-refractivity contribution in [2.24, 2.45) is 0 Å². The normalized spacial score (nSPS) is 10.3. The van der Waals surface area contributed by atoms with Crippen LogP contribution < -0.4 is 5.32 Å². The number of amides is 1. The van der Waals surface area contributed by atoms with Gasteiger partial charge in [0.25, 0.3) is 5.91 Å². The lowest BCUT2D eigenvalue weighted by atomic mass is 10.1. The third-order valence-corrected chi connectivity index (χ3v) is 3.22. The van der Waals surface area contributed by atoms with Crippen molar-refractivity contribution in [1.82, 2.24) is 4.98 Å². The molecule has 0 aliphatic carbocycles. The maximum Gasteiger partial charge on any atom is 0.274 e. The number of nitrogens with one attached hydrogen (secondary N) is 1. The van der Waals surface area contributed by atoms with Gasteiger partial charge < -0.3 is 10.4 Å². The first-order valence-corrected chi connectivity index (χ1v) is 6.50. The average Bonchev–Trinajstić information content (AvgIpc) is 2.36. The third-order valence-electron chi connectivity index (χ3n) is 2.75. The average molecular weight is 321 g/mol. The molecule has 4 nitrogen and oxygen atoms in total. The van der Waals surface area contributed by atoms with Crippen LogP contribution in [0.1, 0.15) is 21.6 Å². The Labute approximate surface area is 119 Å². The molecule has 0 radical (unpaired) electrons. The van der Waals surface area contributed by atoms with E-state index in [1.54, 1.807) is 37.4 Å². The van der Waals surface area contributed by atoms with Crippen molar-refractivity contribution in [1.29, 1.82) is 0 Å². The van der Waals surface area contributed by atoms with Crippen LogP contribution in [0.2, 0.25) is 0 Å². The van der Waals surface area contributed by atoms with Crippen LogP contribution >= 0.6 is 15.9 Å². The molecule has 5 heteroatoms. The molecule has 0 fully saturated rings. The number of halogens is 1. The second kappa shape index (κ2) is 5.40. The van der Waals surface area contributed by atoms with Crippen molar-refractivity contribution in [2.75, 3.05) is 5.32 Å². The van der Waals surface area contributed by atoms with E-state index < -0.39 is 0 Å². The van der Waals surface area contributed by atoms with Crippen LogP contribution in [0.5, 0.6) is 5.75 Å². The van der Waals surface area contributed by atoms with Crippen molar-refractivity contribution in [3.8, 4) is 5.75 Å². The highest BCUT2D eigenvalue weighted by Crippen LogP contribution is 2.25. The number of nitrogens with zero attached hydrogens (tertiary/aromatic N) is 1. The molecule has 0 spiro atoms. The number of hydrogen-bond acceptors (Lipinski definition) is 3. The number of anilines is 1. The Morgan fingerprint density at radius 2 is 2.00 bits per heavy atom. The standard InChI is InChI=1S/C14H13BrN2O2/c1-8-6-13(18)9(2)5-12(8)17-14(19)11-4-3-10(15)7-16-11/h3-7,18H,1-2H3,(H,17,19). The van der Waals surface area contributed by atoms with E-state index in [0.29, 0.717) is 16.9 Å². The molecular weight excluding hydrogens is 308 g/mol. The number of benzene rings is 1. The molecule has 0 aliphatic rings. The van der Waals surface area contributed by atoms with Gasteiger partial charge in [0.05, 0.1) is 0 Å². The van der Waals surface area contributed by atoms with Gasteiger partial charge in [-0.2, -0.15) is 0 Å². The molecule has 2 N–H and O–H groups in total. The van der Waals surface area contributed by atoms with Gasteiger partial charge in [-0.1, -0.05) is 0 Å². The van der Waals surface area contributed by atoms with E-state index in [1.165, 1.54) is 0 Å². The molecule has 19 heavy (non-hydrogen) atoms. The molecule has 0 saturated heterocycles. The predicted octanol–water partition coefficient (Wildman–Crippen LogP) is 3.42. The first kappa shape index (κ1) is 13.5. The minimum Gasteiger partial charge on any atom is -0.508 e. The van der Waals surface area contributed by atoms with Gasteiger partial charge in [0, 0.05) is 16.4 Å². The Morgan fingerprint density at radius 1 is 1.26 bits per heavy atom. The highest BCUT2D eigenvalue weighted by molar-refractivity contribution is 9.10. The number of aromatic nitrogens is 1. The molecule has 1 aromatic heterocycles. The zero-order chi connectivity index (χ0) is 14.0. The largest absolute Gasteiger partial charge is 0.508 e. The number of pyridine rings is 1. The maximum absolute atomic E-state index is 12.0. The fraction of sp³-hybridized carbons (Fsp3) is 0.143. The number of aromatic hydroxyl groups is 1. The molecular formula is C14H13BrN2O2. The van der Waals surface area contributed by atoms with Crippen LogP contribution in [0.25, 0.3) is 0 Å². The molecule has 1 aromatic carbocycles. The number of rotatable bonds is 2. The summed E-state index contributed by atoms with van der Waals surface area (Å²) < 4.78 is 0.820. The fourth-order valence-corrected chi connectivity index (χ4v) is 1.87. The van der Waals surface area contributed by atoms with Crippen LogP contribution in [-0.4, -0.2) is 16.0 Å². The summed E-state index contributed by atoms with van der Waals surface area (Å²) >= 11 is 3.27. The number of aryl methyl sites for hydroxylation is 2. The van der Waals surface area contributed by atoms with E-state index in [2.05, 4.69) is 26.2 Å². The Morgan fingerprint density at radius 3 is 2.63 bits per heavy atom. The van der Waals surface area contributed by atoms with E-state index in [1.807, 2.05) is 6.92 Å². The van der Waals surface area contributed by atoms with Gasteiger partial charge >= 0.3 is 0 Å².